The zero-order chi connectivity index (χ0) is 12.9. The minimum atomic E-state index is 0.135. The van der Waals surface area contributed by atoms with Crippen LogP contribution in [0.4, 0.5) is 0 Å². The predicted octanol–water partition coefficient (Wildman–Crippen LogP) is 0.678. The van der Waals surface area contributed by atoms with Crippen molar-refractivity contribution in [2.75, 3.05) is 20.1 Å². The van der Waals surface area contributed by atoms with Gasteiger partial charge in [-0.3, -0.25) is 15.0 Å². The Labute approximate surface area is 110 Å². The fourth-order valence-electron chi connectivity index (χ4n) is 3.19. The SMILES string of the molecule is CC(C)N1CCC(N(C)C(=O)[C@@H]2N[C@H]2C2CC2)C1. The Kier molecular flexibility index (Phi) is 3.10. The lowest BCUT2D eigenvalue weighted by Gasteiger charge is -2.26. The van der Waals surface area contributed by atoms with E-state index in [2.05, 4.69) is 24.1 Å². The number of hydrogen-bond acceptors (Lipinski definition) is 3. The minimum absolute atomic E-state index is 0.135. The second-order valence-electron chi connectivity index (χ2n) is 6.49. The number of carbonyl (C=O) groups is 1. The highest BCUT2D eigenvalue weighted by molar-refractivity contribution is 5.86. The Bertz CT molecular complexity index is 340. The maximum Gasteiger partial charge on any atom is 0.241 e. The summed E-state index contributed by atoms with van der Waals surface area (Å²) in [7, 11) is 1.99. The molecule has 1 aliphatic carbocycles. The van der Waals surface area contributed by atoms with Gasteiger partial charge in [0.05, 0.1) is 0 Å². The fourth-order valence-corrected chi connectivity index (χ4v) is 3.19. The smallest absolute Gasteiger partial charge is 0.241 e. The molecule has 3 fully saturated rings. The van der Waals surface area contributed by atoms with E-state index in [1.807, 2.05) is 11.9 Å². The molecule has 3 rings (SSSR count). The molecule has 4 nitrogen and oxygen atoms in total. The molecule has 3 atom stereocenters. The first-order valence-corrected chi connectivity index (χ1v) is 7.34. The standard InChI is InChI=1S/C14H25N3O/c1-9(2)17-7-6-11(8-17)16(3)14(18)13-12(15-13)10-4-5-10/h9-13,15H,4-8H2,1-3H3/t11?,12-,13+/m0/s1. The molecule has 1 amide bonds. The molecule has 0 spiro atoms. The van der Waals surface area contributed by atoms with E-state index in [9.17, 15) is 4.79 Å². The second-order valence-corrected chi connectivity index (χ2v) is 6.49. The number of nitrogens with one attached hydrogen (secondary N) is 1. The molecule has 0 radical (unpaired) electrons. The average molecular weight is 251 g/mol. The van der Waals surface area contributed by atoms with Crippen molar-refractivity contribution in [2.24, 2.45) is 5.92 Å². The van der Waals surface area contributed by atoms with Crippen LogP contribution in [0.1, 0.15) is 33.1 Å². The van der Waals surface area contributed by atoms with Gasteiger partial charge in [0.15, 0.2) is 0 Å². The van der Waals surface area contributed by atoms with E-state index < -0.39 is 0 Å². The molecule has 2 aliphatic heterocycles. The first kappa shape index (κ1) is 12.4. The summed E-state index contributed by atoms with van der Waals surface area (Å²) in [5, 5.41) is 3.36. The van der Waals surface area contributed by atoms with Crippen molar-refractivity contribution in [1.29, 1.82) is 0 Å². The van der Waals surface area contributed by atoms with Gasteiger partial charge < -0.3 is 4.90 Å². The lowest BCUT2D eigenvalue weighted by atomic mass is 10.1. The maximum atomic E-state index is 12.4. The van der Waals surface area contributed by atoms with Crippen LogP contribution in [-0.4, -0.2) is 60.0 Å². The van der Waals surface area contributed by atoms with E-state index in [-0.39, 0.29) is 6.04 Å². The third-order valence-corrected chi connectivity index (χ3v) is 4.84. The maximum absolute atomic E-state index is 12.4. The third-order valence-electron chi connectivity index (χ3n) is 4.84. The molecule has 0 bridgehead atoms. The predicted molar refractivity (Wildman–Crippen MR) is 71.3 cm³/mol. The summed E-state index contributed by atoms with van der Waals surface area (Å²) in [6, 6.07) is 1.65. The van der Waals surface area contributed by atoms with E-state index in [0.29, 0.717) is 24.0 Å². The van der Waals surface area contributed by atoms with Crippen LogP contribution >= 0.6 is 0 Å². The number of carbonyl (C=O) groups excluding carboxylic acids is 1. The number of amides is 1. The lowest BCUT2D eigenvalue weighted by molar-refractivity contribution is -0.131. The van der Waals surface area contributed by atoms with Crippen molar-refractivity contribution in [3.8, 4) is 0 Å². The molecular weight excluding hydrogens is 226 g/mol. The van der Waals surface area contributed by atoms with Crippen molar-refractivity contribution in [1.82, 2.24) is 15.1 Å². The Balaban J connectivity index is 1.52. The number of likely N-dealkylation sites (N-methyl/N-ethyl adjacent to an activating group) is 1. The molecule has 0 aromatic rings. The van der Waals surface area contributed by atoms with Crippen LogP contribution in [-0.2, 0) is 4.79 Å². The van der Waals surface area contributed by atoms with E-state index in [1.54, 1.807) is 0 Å². The Morgan fingerprint density at radius 1 is 1.33 bits per heavy atom. The van der Waals surface area contributed by atoms with Crippen molar-refractivity contribution in [3.05, 3.63) is 0 Å². The van der Waals surface area contributed by atoms with Gasteiger partial charge in [0.25, 0.3) is 0 Å². The monoisotopic (exact) mass is 251 g/mol. The first-order chi connectivity index (χ1) is 8.58. The van der Waals surface area contributed by atoms with Gasteiger partial charge in [-0.15, -0.1) is 0 Å². The number of rotatable bonds is 4. The van der Waals surface area contributed by atoms with Crippen LogP contribution in [0.25, 0.3) is 0 Å². The first-order valence-electron chi connectivity index (χ1n) is 7.34. The molecule has 1 N–H and O–H groups in total. The zero-order valence-corrected chi connectivity index (χ0v) is 11.7. The molecule has 0 aromatic carbocycles. The van der Waals surface area contributed by atoms with Crippen LogP contribution < -0.4 is 5.32 Å². The molecule has 2 saturated heterocycles. The Morgan fingerprint density at radius 3 is 2.61 bits per heavy atom. The average Bonchev–Trinajstić information content (AvgIpc) is 3.22. The van der Waals surface area contributed by atoms with Crippen LogP contribution in [0.3, 0.4) is 0 Å². The van der Waals surface area contributed by atoms with E-state index in [0.717, 1.165) is 25.4 Å². The van der Waals surface area contributed by atoms with Gasteiger partial charge in [-0.05, 0) is 39.0 Å². The summed E-state index contributed by atoms with van der Waals surface area (Å²) in [4.78, 5) is 16.8. The zero-order valence-electron chi connectivity index (χ0n) is 11.7. The van der Waals surface area contributed by atoms with Crippen LogP contribution in [0.5, 0.6) is 0 Å². The number of nitrogens with zero attached hydrogens (tertiary/aromatic N) is 2. The normalized spacial score (nSPS) is 36.1. The van der Waals surface area contributed by atoms with Crippen LogP contribution in [0.2, 0.25) is 0 Å². The Morgan fingerprint density at radius 2 is 2.06 bits per heavy atom. The van der Waals surface area contributed by atoms with Gasteiger partial charge >= 0.3 is 0 Å². The van der Waals surface area contributed by atoms with Gasteiger partial charge in [0.2, 0.25) is 5.91 Å². The highest BCUT2D eigenvalue weighted by atomic mass is 16.2. The van der Waals surface area contributed by atoms with E-state index in [4.69, 9.17) is 0 Å². The second kappa shape index (κ2) is 4.49. The van der Waals surface area contributed by atoms with E-state index in [1.165, 1.54) is 12.8 Å². The van der Waals surface area contributed by atoms with Crippen molar-refractivity contribution in [3.63, 3.8) is 0 Å². The summed E-state index contributed by atoms with van der Waals surface area (Å²) in [6.45, 7) is 6.64. The van der Waals surface area contributed by atoms with Gasteiger partial charge in [0.1, 0.15) is 6.04 Å². The largest absolute Gasteiger partial charge is 0.340 e. The van der Waals surface area contributed by atoms with Crippen LogP contribution in [0.15, 0.2) is 0 Å². The minimum Gasteiger partial charge on any atom is -0.340 e. The van der Waals surface area contributed by atoms with Gasteiger partial charge in [-0.2, -0.15) is 0 Å². The van der Waals surface area contributed by atoms with Gasteiger partial charge in [0, 0.05) is 38.3 Å². The summed E-state index contributed by atoms with van der Waals surface area (Å²) in [5.74, 6) is 1.12. The highest BCUT2D eigenvalue weighted by Crippen LogP contribution is 2.40. The summed E-state index contributed by atoms with van der Waals surface area (Å²) in [5.41, 5.74) is 0. The van der Waals surface area contributed by atoms with E-state index >= 15 is 0 Å². The van der Waals surface area contributed by atoms with Gasteiger partial charge in [-0.25, -0.2) is 0 Å². The Hall–Kier alpha value is -0.610. The molecule has 1 unspecified atom stereocenters. The summed E-state index contributed by atoms with van der Waals surface area (Å²) >= 11 is 0. The number of hydrogen-bond donors (Lipinski definition) is 1. The molecule has 18 heavy (non-hydrogen) atoms. The van der Waals surface area contributed by atoms with Crippen LogP contribution in [0, 0.1) is 5.92 Å². The van der Waals surface area contributed by atoms with Crippen molar-refractivity contribution < 1.29 is 4.79 Å². The van der Waals surface area contributed by atoms with Gasteiger partial charge in [-0.1, -0.05) is 0 Å². The van der Waals surface area contributed by atoms with Crippen molar-refractivity contribution >= 4 is 5.91 Å². The topological polar surface area (TPSA) is 45.5 Å². The highest BCUT2D eigenvalue weighted by Gasteiger charge is 2.52. The lowest BCUT2D eigenvalue weighted by Crippen LogP contribution is -2.42. The molecule has 1 saturated carbocycles. The third kappa shape index (κ3) is 2.28. The molecule has 4 heteroatoms. The quantitative estimate of drug-likeness (QED) is 0.747. The summed E-state index contributed by atoms with van der Waals surface area (Å²) < 4.78 is 0. The molecule has 102 valence electrons. The molecule has 0 aromatic heterocycles. The number of likely N-dealkylation sites (tertiary alicyclic amines) is 1. The summed E-state index contributed by atoms with van der Waals surface area (Å²) in [6.07, 6.45) is 3.76. The molecule has 3 aliphatic rings. The fraction of sp³-hybridized carbons (Fsp3) is 0.929. The van der Waals surface area contributed by atoms with Crippen molar-refractivity contribution in [2.45, 2.75) is 57.3 Å². The molecular formula is C14H25N3O. The molecule has 2 heterocycles.